The summed E-state index contributed by atoms with van der Waals surface area (Å²) in [4.78, 5) is 0. The van der Waals surface area contributed by atoms with Crippen molar-refractivity contribution in [3.8, 4) is 0 Å². The molecule has 0 amide bonds. The molecule has 1 aliphatic heterocycles. The summed E-state index contributed by atoms with van der Waals surface area (Å²) in [5.41, 5.74) is 9.85. The van der Waals surface area contributed by atoms with Crippen molar-refractivity contribution < 1.29 is 4.68 Å². The molecule has 3 aromatic carbocycles. The minimum absolute atomic E-state index is 0.907. The molecular weight excluding hydrogens is 374 g/mol. The van der Waals surface area contributed by atoms with Crippen LogP contribution in [0.1, 0.15) is 11.1 Å². The van der Waals surface area contributed by atoms with Crippen molar-refractivity contribution >= 4 is 39.7 Å². The van der Waals surface area contributed by atoms with E-state index in [-0.39, 0.29) is 0 Å². The summed E-state index contributed by atoms with van der Waals surface area (Å²) in [5, 5.41) is 1.83. The van der Waals surface area contributed by atoms with E-state index in [1.54, 1.807) is 0 Å². The van der Waals surface area contributed by atoms with Gasteiger partial charge >= 0.3 is 0 Å². The van der Waals surface area contributed by atoms with Gasteiger partial charge in [0.2, 0.25) is 5.70 Å². The summed E-state index contributed by atoms with van der Waals surface area (Å²) in [6, 6.07) is 28.5. The molecule has 4 rings (SSSR count). The number of halogens is 1. The maximum absolute atomic E-state index is 4.86. The van der Waals surface area contributed by atoms with E-state index >= 15 is 0 Å². The highest BCUT2D eigenvalue weighted by molar-refractivity contribution is 9.10. The second-order valence-corrected chi connectivity index (χ2v) is 6.61. The van der Waals surface area contributed by atoms with Crippen molar-refractivity contribution in [2.24, 2.45) is 0 Å². The molecule has 0 aliphatic carbocycles. The predicted octanol–water partition coefficient (Wildman–Crippen LogP) is 5.71. The lowest BCUT2D eigenvalue weighted by molar-refractivity contribution is -0.423. The van der Waals surface area contributed by atoms with Gasteiger partial charge in [-0.1, -0.05) is 69.1 Å². The molecule has 25 heavy (non-hydrogen) atoms. The van der Waals surface area contributed by atoms with Gasteiger partial charge in [-0.15, -0.1) is 0 Å². The molecule has 3 nitrogen and oxygen atoms in total. The topological polar surface area (TPSA) is 20.4 Å². The molecule has 0 saturated carbocycles. The number of anilines is 1. The summed E-state index contributed by atoms with van der Waals surface area (Å²) in [5.74, 6) is 0. The summed E-state index contributed by atoms with van der Waals surface area (Å²) < 4.78 is 2.88. The Hall–Kier alpha value is -2.85. The van der Waals surface area contributed by atoms with Crippen LogP contribution in [0.15, 0.2) is 89.4 Å². The van der Waals surface area contributed by atoms with Crippen LogP contribution in [-0.4, -0.2) is 11.4 Å². The number of benzene rings is 3. The van der Waals surface area contributed by atoms with Crippen LogP contribution in [0.3, 0.4) is 0 Å². The van der Waals surface area contributed by atoms with E-state index in [2.05, 4.69) is 46.9 Å². The van der Waals surface area contributed by atoms with Crippen molar-refractivity contribution in [3.05, 3.63) is 106 Å². The van der Waals surface area contributed by atoms with Gasteiger partial charge in [-0.05, 0) is 47.7 Å². The molecular formula is C21H16BrN3. The smallest absolute Gasteiger partial charge is 0.228 e. The zero-order valence-corrected chi connectivity index (χ0v) is 15.1. The lowest BCUT2D eigenvalue weighted by Gasteiger charge is -2.26. The van der Waals surface area contributed by atoms with Crippen molar-refractivity contribution in [1.29, 1.82) is 0 Å². The SMILES string of the molecule is C=[N+]1C(c2ccccc2)=C(c2ccccc2)[N-]N1c1ccc(Br)cc1. The van der Waals surface area contributed by atoms with E-state index in [4.69, 9.17) is 5.43 Å². The first-order valence-electron chi connectivity index (χ1n) is 7.97. The number of hydrogen-bond acceptors (Lipinski definition) is 1. The molecule has 0 atom stereocenters. The van der Waals surface area contributed by atoms with Gasteiger partial charge < -0.3 is 5.43 Å². The van der Waals surface area contributed by atoms with Gasteiger partial charge in [0.05, 0.1) is 5.69 Å². The van der Waals surface area contributed by atoms with Crippen LogP contribution in [0.5, 0.6) is 0 Å². The Morgan fingerprint density at radius 3 is 1.92 bits per heavy atom. The standard InChI is InChI=1S/C21H16BrN3/c1-24-21(17-10-6-3-7-11-17)20(16-8-4-2-5-9-16)23-25(24)19-14-12-18(22)13-15-19/h2-15H,1H2. The van der Waals surface area contributed by atoms with Crippen LogP contribution in [0, 0.1) is 0 Å². The van der Waals surface area contributed by atoms with Gasteiger partial charge in [-0.2, -0.15) is 0 Å². The van der Waals surface area contributed by atoms with Crippen molar-refractivity contribution in [1.82, 2.24) is 0 Å². The molecule has 0 unspecified atom stereocenters. The van der Waals surface area contributed by atoms with Gasteiger partial charge in [-0.3, -0.25) is 0 Å². The fourth-order valence-corrected chi connectivity index (χ4v) is 3.12. The van der Waals surface area contributed by atoms with Gasteiger partial charge in [0.1, 0.15) is 0 Å². The Morgan fingerprint density at radius 2 is 1.32 bits per heavy atom. The lowest BCUT2D eigenvalue weighted by atomic mass is 10.1. The summed E-state index contributed by atoms with van der Waals surface area (Å²) in [7, 11) is 0. The molecule has 0 radical (unpaired) electrons. The minimum Gasteiger partial charge on any atom is -0.530 e. The summed E-state index contributed by atoms with van der Waals surface area (Å²) in [6.45, 7) is 4.25. The van der Waals surface area contributed by atoms with Crippen LogP contribution in [-0.2, 0) is 0 Å². The third-order valence-corrected chi connectivity index (χ3v) is 4.59. The molecule has 4 heteroatoms. The Labute approximate surface area is 155 Å². The van der Waals surface area contributed by atoms with Crippen LogP contribution < -0.4 is 5.12 Å². The lowest BCUT2D eigenvalue weighted by Crippen LogP contribution is -2.23. The second kappa shape index (κ2) is 6.57. The molecule has 0 spiro atoms. The molecule has 122 valence electrons. The van der Waals surface area contributed by atoms with E-state index in [9.17, 15) is 0 Å². The third kappa shape index (κ3) is 2.96. The van der Waals surface area contributed by atoms with Gasteiger partial charge in [0, 0.05) is 10.0 Å². The van der Waals surface area contributed by atoms with Crippen molar-refractivity contribution in [2.45, 2.75) is 0 Å². The highest BCUT2D eigenvalue weighted by Crippen LogP contribution is 2.41. The summed E-state index contributed by atoms with van der Waals surface area (Å²) >= 11 is 3.48. The zero-order chi connectivity index (χ0) is 17.2. The Kier molecular flexibility index (Phi) is 4.12. The Morgan fingerprint density at radius 1 is 0.760 bits per heavy atom. The first kappa shape index (κ1) is 15.7. The highest BCUT2D eigenvalue weighted by Gasteiger charge is 2.27. The number of hydrazine groups is 1. The third-order valence-electron chi connectivity index (χ3n) is 4.06. The molecule has 0 aromatic heterocycles. The van der Waals surface area contributed by atoms with Crippen LogP contribution in [0.2, 0.25) is 0 Å². The molecule has 0 saturated heterocycles. The Bertz CT molecular complexity index is 932. The van der Waals surface area contributed by atoms with E-state index in [1.807, 2.05) is 70.5 Å². The average Bonchev–Trinajstić information content (AvgIpc) is 3.01. The molecule has 3 aromatic rings. The van der Waals surface area contributed by atoms with Gasteiger partial charge in [-0.25, -0.2) is 5.12 Å². The van der Waals surface area contributed by atoms with Crippen LogP contribution >= 0.6 is 15.9 Å². The quantitative estimate of drug-likeness (QED) is 0.525. The number of nitrogens with zero attached hydrogens (tertiary/aromatic N) is 3. The van der Waals surface area contributed by atoms with E-state index in [0.29, 0.717) is 0 Å². The zero-order valence-electron chi connectivity index (χ0n) is 13.5. The fraction of sp³-hybridized carbons (Fsp3) is 0. The van der Waals surface area contributed by atoms with Crippen LogP contribution in [0.25, 0.3) is 16.8 Å². The maximum atomic E-state index is 4.86. The largest absolute Gasteiger partial charge is 0.530 e. The van der Waals surface area contributed by atoms with E-state index < -0.39 is 0 Å². The van der Waals surface area contributed by atoms with E-state index in [1.165, 1.54) is 0 Å². The monoisotopic (exact) mass is 389 g/mol. The van der Waals surface area contributed by atoms with Crippen molar-refractivity contribution in [3.63, 3.8) is 0 Å². The van der Waals surface area contributed by atoms with Gasteiger partial charge in [0.15, 0.2) is 6.72 Å². The normalized spacial score (nSPS) is 14.0. The maximum Gasteiger partial charge on any atom is 0.228 e. The predicted molar refractivity (Wildman–Crippen MR) is 107 cm³/mol. The molecule has 0 bridgehead atoms. The van der Waals surface area contributed by atoms with Crippen LogP contribution in [0.4, 0.5) is 5.69 Å². The Balaban J connectivity index is 1.82. The average molecular weight is 390 g/mol. The van der Waals surface area contributed by atoms with Gasteiger partial charge in [0.25, 0.3) is 0 Å². The fourth-order valence-electron chi connectivity index (χ4n) is 2.86. The highest BCUT2D eigenvalue weighted by atomic mass is 79.9. The molecule has 0 fully saturated rings. The summed E-state index contributed by atoms with van der Waals surface area (Å²) in [6.07, 6.45) is 0. The second-order valence-electron chi connectivity index (χ2n) is 5.69. The number of hydrazone groups is 1. The molecule has 1 aliphatic rings. The minimum atomic E-state index is 0.907. The van der Waals surface area contributed by atoms with Crippen molar-refractivity contribution in [2.75, 3.05) is 5.12 Å². The van der Waals surface area contributed by atoms with E-state index in [0.717, 1.165) is 32.7 Å². The molecule has 0 N–H and O–H groups in total. The number of rotatable bonds is 3. The number of hydrogen-bond donors (Lipinski definition) is 0. The molecule has 1 heterocycles. The first-order valence-corrected chi connectivity index (χ1v) is 8.76. The first-order chi connectivity index (χ1) is 12.2.